The highest BCUT2D eigenvalue weighted by atomic mass is 35.5. The molecule has 0 amide bonds. The summed E-state index contributed by atoms with van der Waals surface area (Å²) in [6.45, 7) is 7.14. The predicted octanol–water partition coefficient (Wildman–Crippen LogP) is 5.86. The minimum absolute atomic E-state index is 0.194. The molecular weight excluding hydrogens is 481 g/mol. The second kappa shape index (κ2) is 9.04. The molecule has 2 aliphatic rings. The predicted molar refractivity (Wildman–Crippen MR) is 141 cm³/mol. The van der Waals surface area contributed by atoms with Gasteiger partial charge in [0.1, 0.15) is 5.69 Å². The summed E-state index contributed by atoms with van der Waals surface area (Å²) in [6.07, 6.45) is 4.22. The molecule has 2 aromatic carbocycles. The van der Waals surface area contributed by atoms with Gasteiger partial charge < -0.3 is 15.1 Å². The minimum Gasteiger partial charge on any atom is -0.390 e. The van der Waals surface area contributed by atoms with Gasteiger partial charge in [-0.25, -0.2) is 9.97 Å². The first-order valence-electron chi connectivity index (χ1n) is 12.1. The number of piperidine rings is 1. The SMILES string of the molecule is Cc1nc(N2CCC3(CC2)Cc2ccc(C(C)(C)O)cc2C3)c(CO)nc1-c1cccc(Cl)c1Cl. The van der Waals surface area contributed by atoms with Crippen LogP contribution in [0, 0.1) is 12.3 Å². The average Bonchev–Trinajstić information content (AvgIpc) is 3.17. The lowest BCUT2D eigenvalue weighted by atomic mass is 9.76. The van der Waals surface area contributed by atoms with Crippen LogP contribution in [0.5, 0.6) is 0 Å². The van der Waals surface area contributed by atoms with E-state index in [4.69, 9.17) is 33.2 Å². The fraction of sp³-hybridized carbons (Fsp3) is 0.429. The number of anilines is 1. The van der Waals surface area contributed by atoms with Crippen molar-refractivity contribution >= 4 is 29.0 Å². The van der Waals surface area contributed by atoms with Gasteiger partial charge in [-0.1, -0.05) is 53.5 Å². The average molecular weight is 512 g/mol. The second-order valence-corrected chi connectivity index (χ2v) is 11.4. The van der Waals surface area contributed by atoms with Crippen molar-refractivity contribution in [1.29, 1.82) is 0 Å². The van der Waals surface area contributed by atoms with Crippen LogP contribution in [0.25, 0.3) is 11.3 Å². The Morgan fingerprint density at radius 1 is 1.03 bits per heavy atom. The highest BCUT2D eigenvalue weighted by molar-refractivity contribution is 6.43. The highest BCUT2D eigenvalue weighted by Crippen LogP contribution is 2.46. The zero-order valence-electron chi connectivity index (χ0n) is 20.4. The van der Waals surface area contributed by atoms with Crippen molar-refractivity contribution in [2.24, 2.45) is 5.41 Å². The van der Waals surface area contributed by atoms with Gasteiger partial charge >= 0.3 is 0 Å². The van der Waals surface area contributed by atoms with Crippen molar-refractivity contribution in [3.63, 3.8) is 0 Å². The van der Waals surface area contributed by atoms with Crippen LogP contribution < -0.4 is 4.90 Å². The fourth-order valence-electron chi connectivity index (χ4n) is 5.60. The zero-order valence-corrected chi connectivity index (χ0v) is 21.9. The molecule has 1 spiro atoms. The lowest BCUT2D eigenvalue weighted by Gasteiger charge is -2.40. The van der Waals surface area contributed by atoms with Gasteiger partial charge in [-0.15, -0.1) is 0 Å². The number of halogens is 2. The Morgan fingerprint density at radius 2 is 1.74 bits per heavy atom. The molecule has 0 atom stereocenters. The largest absolute Gasteiger partial charge is 0.390 e. The van der Waals surface area contributed by atoms with Gasteiger partial charge in [0.05, 0.1) is 33.6 Å². The van der Waals surface area contributed by atoms with E-state index in [1.54, 1.807) is 6.07 Å². The van der Waals surface area contributed by atoms with Crippen molar-refractivity contribution in [1.82, 2.24) is 9.97 Å². The van der Waals surface area contributed by atoms with Crippen LogP contribution >= 0.6 is 23.2 Å². The van der Waals surface area contributed by atoms with Crippen LogP contribution in [-0.2, 0) is 25.0 Å². The first kappa shape index (κ1) is 24.5. The van der Waals surface area contributed by atoms with Gasteiger partial charge in [0.25, 0.3) is 0 Å². The summed E-state index contributed by atoms with van der Waals surface area (Å²) in [5.74, 6) is 0.751. The molecule has 0 unspecified atom stereocenters. The number of fused-ring (bicyclic) bond motifs is 1. The van der Waals surface area contributed by atoms with Crippen molar-refractivity contribution < 1.29 is 10.2 Å². The normalized spacial score (nSPS) is 17.2. The van der Waals surface area contributed by atoms with Crippen molar-refractivity contribution in [2.75, 3.05) is 18.0 Å². The molecule has 2 N–H and O–H groups in total. The third kappa shape index (κ3) is 4.55. The molecule has 5 rings (SSSR count). The van der Waals surface area contributed by atoms with Gasteiger partial charge in [0.15, 0.2) is 5.82 Å². The van der Waals surface area contributed by atoms with E-state index in [2.05, 4.69) is 23.1 Å². The summed E-state index contributed by atoms with van der Waals surface area (Å²) in [4.78, 5) is 11.9. The van der Waals surface area contributed by atoms with Crippen LogP contribution in [0.15, 0.2) is 36.4 Å². The lowest BCUT2D eigenvalue weighted by Crippen LogP contribution is -2.41. The first-order valence-corrected chi connectivity index (χ1v) is 12.9. The Morgan fingerprint density at radius 3 is 2.43 bits per heavy atom. The molecule has 1 aliphatic carbocycles. The number of aliphatic hydroxyl groups excluding tert-OH is 1. The summed E-state index contributed by atoms with van der Waals surface area (Å²) in [5.41, 5.74) is 5.85. The smallest absolute Gasteiger partial charge is 0.153 e. The van der Waals surface area contributed by atoms with E-state index < -0.39 is 5.60 Å². The third-order valence-electron chi connectivity index (χ3n) is 7.64. The number of aliphatic hydroxyl groups is 2. The summed E-state index contributed by atoms with van der Waals surface area (Å²) >= 11 is 12.7. The Hall–Kier alpha value is -2.18. The summed E-state index contributed by atoms with van der Waals surface area (Å²) in [7, 11) is 0. The molecule has 35 heavy (non-hydrogen) atoms. The third-order valence-corrected chi connectivity index (χ3v) is 8.46. The van der Waals surface area contributed by atoms with Crippen LogP contribution in [0.3, 0.4) is 0 Å². The first-order chi connectivity index (χ1) is 16.6. The summed E-state index contributed by atoms with van der Waals surface area (Å²) in [5, 5.41) is 21.5. The molecule has 0 saturated carbocycles. The number of hydrogen-bond acceptors (Lipinski definition) is 5. The molecular formula is C28H31Cl2N3O2. The summed E-state index contributed by atoms with van der Waals surface area (Å²) < 4.78 is 0. The molecule has 1 aliphatic heterocycles. The van der Waals surface area contributed by atoms with Crippen LogP contribution in [-0.4, -0.2) is 33.3 Å². The fourth-order valence-corrected chi connectivity index (χ4v) is 5.99. The molecule has 1 fully saturated rings. The molecule has 5 nitrogen and oxygen atoms in total. The lowest BCUT2D eigenvalue weighted by molar-refractivity contribution is 0.0785. The molecule has 7 heteroatoms. The Bertz CT molecular complexity index is 1280. The number of aryl methyl sites for hydroxylation is 1. The van der Waals surface area contributed by atoms with Gasteiger partial charge in [-0.05, 0) is 74.6 Å². The number of aromatic nitrogens is 2. The maximum atomic E-state index is 10.4. The molecule has 1 aromatic heterocycles. The summed E-state index contributed by atoms with van der Waals surface area (Å²) in [6, 6.07) is 11.9. The van der Waals surface area contributed by atoms with Crippen LogP contribution in [0.4, 0.5) is 5.82 Å². The van der Waals surface area contributed by atoms with Gasteiger partial charge in [0.2, 0.25) is 0 Å². The van der Waals surface area contributed by atoms with Crippen molar-refractivity contribution in [3.05, 3.63) is 74.5 Å². The van der Waals surface area contributed by atoms with Gasteiger partial charge in [-0.3, -0.25) is 0 Å². The molecule has 0 bridgehead atoms. The monoisotopic (exact) mass is 511 g/mol. The van der Waals surface area contributed by atoms with E-state index in [0.29, 0.717) is 21.4 Å². The van der Waals surface area contributed by atoms with Crippen molar-refractivity contribution in [2.45, 2.75) is 58.7 Å². The van der Waals surface area contributed by atoms with E-state index in [0.717, 1.165) is 61.4 Å². The molecule has 1 saturated heterocycles. The number of benzene rings is 2. The van der Waals surface area contributed by atoms with E-state index >= 15 is 0 Å². The minimum atomic E-state index is -0.827. The van der Waals surface area contributed by atoms with Crippen molar-refractivity contribution in [3.8, 4) is 11.3 Å². The van der Waals surface area contributed by atoms with E-state index in [1.165, 1.54) is 11.1 Å². The van der Waals surface area contributed by atoms with Crippen LogP contribution in [0.1, 0.15) is 54.8 Å². The number of rotatable bonds is 4. The molecule has 2 heterocycles. The van der Waals surface area contributed by atoms with Gasteiger partial charge in [0, 0.05) is 18.7 Å². The van der Waals surface area contributed by atoms with Crippen LogP contribution in [0.2, 0.25) is 10.0 Å². The maximum Gasteiger partial charge on any atom is 0.153 e. The second-order valence-electron chi connectivity index (χ2n) is 10.6. The number of nitrogens with zero attached hydrogens (tertiary/aromatic N) is 3. The highest BCUT2D eigenvalue weighted by Gasteiger charge is 2.41. The Labute approximate surface area is 216 Å². The van der Waals surface area contributed by atoms with E-state index in [9.17, 15) is 10.2 Å². The molecule has 3 aromatic rings. The molecule has 184 valence electrons. The van der Waals surface area contributed by atoms with E-state index in [-0.39, 0.29) is 12.0 Å². The number of hydrogen-bond donors (Lipinski definition) is 2. The Balaban J connectivity index is 1.37. The Kier molecular flexibility index (Phi) is 6.33. The topological polar surface area (TPSA) is 69.5 Å². The van der Waals surface area contributed by atoms with E-state index in [1.807, 2.05) is 32.9 Å². The standard InChI is InChI=1S/C28H31Cl2N3O2/c1-17-25(21-5-4-6-22(29)24(21)30)32-23(16-34)26(31-17)33-11-9-28(10-12-33)14-18-7-8-20(27(2,3)35)13-19(18)15-28/h4-8,13,34-35H,9-12,14-16H2,1-3H3. The zero-order chi connectivity index (χ0) is 25.0. The van der Waals surface area contributed by atoms with Gasteiger partial charge in [-0.2, -0.15) is 0 Å². The molecule has 0 radical (unpaired) electrons. The quantitative estimate of drug-likeness (QED) is 0.458. The maximum absolute atomic E-state index is 10.4.